The van der Waals surface area contributed by atoms with E-state index in [-0.39, 0.29) is 5.60 Å². The largest absolute Gasteiger partial charge is 0.369 e. The molecule has 0 radical (unpaired) electrons. The highest BCUT2D eigenvalue weighted by Gasteiger charge is 2.33. The fourth-order valence-electron chi connectivity index (χ4n) is 3.75. The monoisotopic (exact) mass is 423 g/mol. The van der Waals surface area contributed by atoms with Gasteiger partial charge >= 0.3 is 0 Å². The molecule has 28 heavy (non-hydrogen) atoms. The lowest BCUT2D eigenvalue weighted by atomic mass is 9.90. The zero-order chi connectivity index (χ0) is 20.1. The number of nitrogens with zero attached hydrogens (tertiary/aromatic N) is 2. The average molecular weight is 424 g/mol. The molecule has 1 aliphatic heterocycles. The molecule has 0 aromatic carbocycles. The van der Waals surface area contributed by atoms with E-state index in [1.807, 2.05) is 0 Å². The summed E-state index contributed by atoms with van der Waals surface area (Å²) in [5, 5.41) is 5.77. The molecule has 0 fully saturated rings. The molecule has 2 aromatic heterocycles. The second kappa shape index (κ2) is 9.74. The fraction of sp³-hybridized carbons (Fsp3) is 0.714. The lowest BCUT2D eigenvalue weighted by molar-refractivity contribution is -0.896. The van der Waals surface area contributed by atoms with E-state index in [0.717, 1.165) is 47.4 Å². The van der Waals surface area contributed by atoms with E-state index < -0.39 is 0 Å². The van der Waals surface area contributed by atoms with E-state index in [2.05, 4.69) is 39.9 Å². The Morgan fingerprint density at radius 2 is 2.00 bits per heavy atom. The molecule has 156 valence electrons. The first kappa shape index (κ1) is 21.8. The van der Waals surface area contributed by atoms with Crippen LogP contribution in [0.3, 0.4) is 0 Å². The zero-order valence-electron chi connectivity index (χ0n) is 18.0. The van der Waals surface area contributed by atoms with Crippen LogP contribution in [0, 0.1) is 0 Å². The number of aromatic nitrogens is 2. The van der Waals surface area contributed by atoms with Gasteiger partial charge in [-0.15, -0.1) is 11.3 Å². The van der Waals surface area contributed by atoms with Gasteiger partial charge in [-0.25, -0.2) is 9.97 Å². The molecule has 0 spiro atoms. The van der Waals surface area contributed by atoms with Crippen molar-refractivity contribution in [3.63, 3.8) is 0 Å². The van der Waals surface area contributed by atoms with Crippen LogP contribution >= 0.6 is 23.1 Å². The summed E-state index contributed by atoms with van der Waals surface area (Å²) in [5.74, 6) is 2.01. The third kappa shape index (κ3) is 4.81. The summed E-state index contributed by atoms with van der Waals surface area (Å²) < 4.78 is 6.17. The van der Waals surface area contributed by atoms with E-state index in [1.54, 1.807) is 28.0 Å². The number of hydrogen-bond acceptors (Lipinski definition) is 6. The first-order chi connectivity index (χ1) is 13.5. The molecule has 3 heterocycles. The summed E-state index contributed by atoms with van der Waals surface area (Å²) in [6.07, 6.45) is 3.12. The van der Waals surface area contributed by atoms with Crippen molar-refractivity contribution in [2.24, 2.45) is 0 Å². The minimum atomic E-state index is -0.0821. The van der Waals surface area contributed by atoms with Gasteiger partial charge in [-0.2, -0.15) is 0 Å². The number of anilines is 1. The Labute approximate surface area is 177 Å². The maximum Gasteiger partial charge on any atom is 0.190 e. The van der Waals surface area contributed by atoms with Gasteiger partial charge in [0.15, 0.2) is 5.16 Å². The van der Waals surface area contributed by atoms with Crippen LogP contribution in [0.5, 0.6) is 0 Å². The molecule has 0 unspecified atom stereocenters. The van der Waals surface area contributed by atoms with Gasteiger partial charge in [0.25, 0.3) is 0 Å². The SMILES string of the molecule is CCSc1nc(NCCC[NH+](CC)CC)c2c3c(sc2n1)CO[C@](C)(CC)C3. The van der Waals surface area contributed by atoms with Crippen LogP contribution in [0.4, 0.5) is 5.82 Å². The first-order valence-corrected chi connectivity index (χ1v) is 12.5. The van der Waals surface area contributed by atoms with Gasteiger partial charge in [0.1, 0.15) is 10.6 Å². The highest BCUT2D eigenvalue weighted by Crippen LogP contribution is 2.42. The second-order valence-electron chi connectivity index (χ2n) is 7.73. The summed E-state index contributed by atoms with van der Waals surface area (Å²) in [4.78, 5) is 13.8. The molecular formula is C21H35N4OS2+. The Morgan fingerprint density at radius 1 is 1.21 bits per heavy atom. The molecule has 1 aliphatic rings. The minimum absolute atomic E-state index is 0.0821. The molecule has 5 nitrogen and oxygen atoms in total. The smallest absolute Gasteiger partial charge is 0.190 e. The van der Waals surface area contributed by atoms with Crippen LogP contribution in [-0.2, 0) is 17.8 Å². The van der Waals surface area contributed by atoms with Crippen molar-refractivity contribution < 1.29 is 9.64 Å². The molecule has 0 saturated heterocycles. The first-order valence-electron chi connectivity index (χ1n) is 10.7. The van der Waals surface area contributed by atoms with Gasteiger partial charge in [0.05, 0.1) is 37.2 Å². The molecule has 3 rings (SSSR count). The normalized spacial score (nSPS) is 19.4. The molecule has 2 aromatic rings. The van der Waals surface area contributed by atoms with Gasteiger partial charge in [-0.1, -0.05) is 25.6 Å². The molecule has 0 saturated carbocycles. The van der Waals surface area contributed by atoms with Gasteiger partial charge in [-0.05, 0) is 38.5 Å². The number of nitrogens with one attached hydrogen (secondary N) is 2. The number of fused-ring (bicyclic) bond motifs is 3. The number of quaternary nitrogens is 1. The highest BCUT2D eigenvalue weighted by atomic mass is 32.2. The highest BCUT2D eigenvalue weighted by molar-refractivity contribution is 7.99. The molecule has 0 bridgehead atoms. The zero-order valence-corrected chi connectivity index (χ0v) is 19.6. The van der Waals surface area contributed by atoms with Crippen LogP contribution in [0.25, 0.3) is 10.2 Å². The molecule has 1 atom stereocenters. The predicted octanol–water partition coefficient (Wildman–Crippen LogP) is 3.77. The van der Waals surface area contributed by atoms with Crippen molar-refractivity contribution in [1.82, 2.24) is 9.97 Å². The maximum absolute atomic E-state index is 6.17. The predicted molar refractivity (Wildman–Crippen MR) is 121 cm³/mol. The topological polar surface area (TPSA) is 51.5 Å². The van der Waals surface area contributed by atoms with Crippen molar-refractivity contribution in [2.75, 3.05) is 37.2 Å². The van der Waals surface area contributed by atoms with Crippen LogP contribution in [0.2, 0.25) is 0 Å². The summed E-state index contributed by atoms with van der Waals surface area (Å²) in [7, 11) is 0. The number of rotatable bonds is 10. The van der Waals surface area contributed by atoms with Crippen molar-refractivity contribution >= 4 is 39.1 Å². The lowest BCUT2D eigenvalue weighted by Gasteiger charge is -2.33. The van der Waals surface area contributed by atoms with Crippen LogP contribution < -0.4 is 10.2 Å². The van der Waals surface area contributed by atoms with E-state index in [4.69, 9.17) is 14.7 Å². The van der Waals surface area contributed by atoms with Crippen LogP contribution in [0.1, 0.15) is 57.9 Å². The minimum Gasteiger partial charge on any atom is -0.369 e. The van der Waals surface area contributed by atoms with E-state index in [1.165, 1.54) is 35.5 Å². The summed E-state index contributed by atoms with van der Waals surface area (Å²) in [5.41, 5.74) is 1.32. The van der Waals surface area contributed by atoms with Crippen molar-refractivity contribution in [3.8, 4) is 0 Å². The van der Waals surface area contributed by atoms with Gasteiger partial charge < -0.3 is 15.0 Å². The second-order valence-corrected chi connectivity index (χ2v) is 10.0. The third-order valence-corrected chi connectivity index (χ3v) is 7.67. The van der Waals surface area contributed by atoms with E-state index in [0.29, 0.717) is 6.61 Å². The summed E-state index contributed by atoms with van der Waals surface area (Å²) >= 11 is 3.50. The maximum atomic E-state index is 6.17. The Balaban J connectivity index is 1.87. The number of hydrogen-bond donors (Lipinski definition) is 2. The summed E-state index contributed by atoms with van der Waals surface area (Å²) in [6.45, 7) is 16.4. The number of thiophene rings is 1. The molecule has 0 aliphatic carbocycles. The number of ether oxygens (including phenoxy) is 1. The number of thioether (sulfide) groups is 1. The van der Waals surface area contributed by atoms with Crippen molar-refractivity contribution in [2.45, 2.75) is 71.2 Å². The Kier molecular flexibility index (Phi) is 7.59. The standard InChI is InChI=1S/C21H34N4OS2/c1-6-21(5)13-15-16(14-26-21)28-19-17(15)18(23-20(24-19)27-9-4)22-11-10-12-25(7-2)8-3/h6-14H2,1-5H3,(H,22,23,24)/p+1/t21-/m1/s1. The van der Waals surface area contributed by atoms with Crippen LogP contribution in [-0.4, -0.2) is 47.5 Å². The fourth-order valence-corrected chi connectivity index (χ4v) is 5.48. The third-order valence-electron chi connectivity index (χ3n) is 5.84. The van der Waals surface area contributed by atoms with Crippen molar-refractivity contribution in [3.05, 3.63) is 10.4 Å². The molecular weight excluding hydrogens is 388 g/mol. The summed E-state index contributed by atoms with van der Waals surface area (Å²) in [6, 6.07) is 0. The Morgan fingerprint density at radius 3 is 2.68 bits per heavy atom. The Bertz CT molecular complexity index is 790. The lowest BCUT2D eigenvalue weighted by Crippen LogP contribution is -3.11. The van der Waals surface area contributed by atoms with E-state index >= 15 is 0 Å². The average Bonchev–Trinajstić information content (AvgIpc) is 3.05. The Hall–Kier alpha value is -0.890. The van der Waals surface area contributed by atoms with Gasteiger partial charge in [0.2, 0.25) is 0 Å². The van der Waals surface area contributed by atoms with Gasteiger partial charge in [-0.3, -0.25) is 0 Å². The van der Waals surface area contributed by atoms with E-state index in [9.17, 15) is 0 Å². The van der Waals surface area contributed by atoms with Crippen molar-refractivity contribution in [1.29, 1.82) is 0 Å². The van der Waals surface area contributed by atoms with Crippen LogP contribution in [0.15, 0.2) is 5.16 Å². The molecule has 0 amide bonds. The molecule has 7 heteroatoms. The van der Waals surface area contributed by atoms with Gasteiger partial charge in [0, 0.05) is 24.3 Å². The quantitative estimate of drug-likeness (QED) is 0.346. The molecule has 2 N–H and O–H groups in total.